The van der Waals surface area contributed by atoms with E-state index in [2.05, 4.69) is 15.4 Å². The predicted octanol–water partition coefficient (Wildman–Crippen LogP) is 3.52. The lowest BCUT2D eigenvalue weighted by Crippen LogP contribution is -2.20. The van der Waals surface area contributed by atoms with Gasteiger partial charge in [0.15, 0.2) is 5.76 Å². The zero-order chi connectivity index (χ0) is 19.0. The van der Waals surface area contributed by atoms with Crippen molar-refractivity contribution in [2.24, 2.45) is 7.05 Å². The number of nitrogens with zero attached hydrogens (tertiary/aromatic N) is 4. The van der Waals surface area contributed by atoms with Crippen LogP contribution in [0.4, 0.5) is 13.2 Å². The van der Waals surface area contributed by atoms with Gasteiger partial charge in [0.1, 0.15) is 5.69 Å². The van der Waals surface area contributed by atoms with Crippen molar-refractivity contribution in [2.45, 2.75) is 45.1 Å². The molecule has 0 fully saturated rings. The lowest BCUT2D eigenvalue weighted by atomic mass is 10.1. The molecule has 6 nitrogen and oxygen atoms in total. The van der Waals surface area contributed by atoms with Crippen LogP contribution in [-0.2, 0) is 39.3 Å². The standard InChI is InChI=1S/C18H20F3N5O/c1-25-12(9-13(24-25)16-6-4-8-27-16)10-22-11-14-15-5-2-3-7-26(15)17(23-14)18(19,20)21/h4,6,8-9,22H,2-3,5,7,10-11H2,1H3. The van der Waals surface area contributed by atoms with E-state index in [4.69, 9.17) is 4.42 Å². The summed E-state index contributed by atoms with van der Waals surface area (Å²) >= 11 is 0. The molecule has 0 aliphatic carbocycles. The van der Waals surface area contributed by atoms with Crippen molar-refractivity contribution < 1.29 is 17.6 Å². The molecular weight excluding hydrogens is 359 g/mol. The molecule has 3 aromatic heterocycles. The quantitative estimate of drug-likeness (QED) is 0.737. The van der Waals surface area contributed by atoms with Crippen molar-refractivity contribution in [3.05, 3.63) is 47.4 Å². The van der Waals surface area contributed by atoms with E-state index in [1.165, 1.54) is 4.57 Å². The topological polar surface area (TPSA) is 60.8 Å². The fraction of sp³-hybridized carbons (Fsp3) is 0.444. The summed E-state index contributed by atoms with van der Waals surface area (Å²) in [5, 5.41) is 7.60. The Hall–Kier alpha value is -2.55. The van der Waals surface area contributed by atoms with Gasteiger partial charge in [0.2, 0.25) is 5.82 Å². The first-order chi connectivity index (χ1) is 12.9. The molecule has 4 rings (SSSR count). The predicted molar refractivity (Wildman–Crippen MR) is 91.6 cm³/mol. The molecule has 3 aromatic rings. The summed E-state index contributed by atoms with van der Waals surface area (Å²) in [6, 6.07) is 5.52. The van der Waals surface area contributed by atoms with Crippen LogP contribution in [0.1, 0.15) is 35.7 Å². The van der Waals surface area contributed by atoms with Gasteiger partial charge in [0.25, 0.3) is 0 Å². The second-order valence-electron chi connectivity index (χ2n) is 6.66. The molecule has 27 heavy (non-hydrogen) atoms. The third-order valence-electron chi connectivity index (χ3n) is 4.80. The highest BCUT2D eigenvalue weighted by molar-refractivity contribution is 5.52. The van der Waals surface area contributed by atoms with Gasteiger partial charge in [-0.15, -0.1) is 0 Å². The van der Waals surface area contributed by atoms with Gasteiger partial charge in [-0.05, 0) is 37.5 Å². The van der Waals surface area contributed by atoms with E-state index in [9.17, 15) is 13.2 Å². The van der Waals surface area contributed by atoms with E-state index >= 15 is 0 Å². The Balaban J connectivity index is 1.48. The summed E-state index contributed by atoms with van der Waals surface area (Å²) in [5.74, 6) is -0.107. The Labute approximate surface area is 154 Å². The number of alkyl halides is 3. The van der Waals surface area contributed by atoms with E-state index in [1.807, 2.05) is 19.2 Å². The van der Waals surface area contributed by atoms with Crippen molar-refractivity contribution in [1.29, 1.82) is 0 Å². The molecule has 9 heteroatoms. The fourth-order valence-corrected chi connectivity index (χ4v) is 3.50. The SMILES string of the molecule is Cn1nc(-c2ccco2)cc1CNCc1nc(C(F)(F)F)n2c1CCCC2. The smallest absolute Gasteiger partial charge is 0.449 e. The highest BCUT2D eigenvalue weighted by Crippen LogP contribution is 2.32. The van der Waals surface area contributed by atoms with Crippen LogP contribution in [0.5, 0.6) is 0 Å². The van der Waals surface area contributed by atoms with Crippen LogP contribution >= 0.6 is 0 Å². The molecule has 0 amide bonds. The van der Waals surface area contributed by atoms with Gasteiger partial charge in [-0.3, -0.25) is 4.68 Å². The Morgan fingerprint density at radius 2 is 2.11 bits per heavy atom. The second-order valence-corrected chi connectivity index (χ2v) is 6.66. The third kappa shape index (κ3) is 3.51. The summed E-state index contributed by atoms with van der Waals surface area (Å²) in [6.45, 7) is 1.13. The maximum absolute atomic E-state index is 13.2. The molecule has 0 saturated carbocycles. The minimum absolute atomic E-state index is 0.284. The molecule has 0 atom stereocenters. The molecular formula is C18H20F3N5O. The third-order valence-corrected chi connectivity index (χ3v) is 4.80. The Kier molecular flexibility index (Phi) is 4.55. The van der Waals surface area contributed by atoms with Gasteiger partial charge < -0.3 is 14.3 Å². The van der Waals surface area contributed by atoms with Gasteiger partial charge in [-0.25, -0.2) is 4.98 Å². The number of rotatable bonds is 5. The van der Waals surface area contributed by atoms with Crippen molar-refractivity contribution in [3.63, 3.8) is 0 Å². The lowest BCUT2D eigenvalue weighted by Gasteiger charge is -2.18. The molecule has 1 aliphatic heterocycles. The number of furan rings is 1. The van der Waals surface area contributed by atoms with Gasteiger partial charge in [0, 0.05) is 32.4 Å². The van der Waals surface area contributed by atoms with E-state index in [1.54, 1.807) is 17.0 Å². The van der Waals surface area contributed by atoms with Crippen LogP contribution in [-0.4, -0.2) is 19.3 Å². The number of aryl methyl sites for hydroxylation is 1. The molecule has 0 radical (unpaired) electrons. The van der Waals surface area contributed by atoms with Gasteiger partial charge in [0.05, 0.1) is 17.7 Å². The molecule has 144 valence electrons. The number of hydrogen-bond donors (Lipinski definition) is 1. The number of aromatic nitrogens is 4. The number of hydrogen-bond acceptors (Lipinski definition) is 4. The molecule has 0 unspecified atom stereocenters. The molecule has 0 bridgehead atoms. The first kappa shape index (κ1) is 17.8. The van der Waals surface area contributed by atoms with Crippen LogP contribution in [0.25, 0.3) is 11.5 Å². The molecule has 0 spiro atoms. The number of nitrogens with one attached hydrogen (secondary N) is 1. The van der Waals surface area contributed by atoms with E-state index in [-0.39, 0.29) is 6.54 Å². The molecule has 1 aliphatic rings. The van der Waals surface area contributed by atoms with Crippen molar-refractivity contribution in [2.75, 3.05) is 0 Å². The number of halogens is 3. The van der Waals surface area contributed by atoms with Crippen molar-refractivity contribution in [1.82, 2.24) is 24.6 Å². The summed E-state index contributed by atoms with van der Waals surface area (Å²) in [7, 11) is 1.82. The average molecular weight is 379 g/mol. The molecule has 4 heterocycles. The van der Waals surface area contributed by atoms with Crippen molar-refractivity contribution in [3.8, 4) is 11.5 Å². The van der Waals surface area contributed by atoms with E-state index in [0.717, 1.165) is 24.2 Å². The summed E-state index contributed by atoms with van der Waals surface area (Å²) in [5.41, 5.74) is 2.81. The monoisotopic (exact) mass is 379 g/mol. The fourth-order valence-electron chi connectivity index (χ4n) is 3.50. The number of imidazole rings is 1. The average Bonchev–Trinajstić information content (AvgIpc) is 3.34. The number of fused-ring (bicyclic) bond motifs is 1. The summed E-state index contributed by atoms with van der Waals surface area (Å²) in [4.78, 5) is 3.90. The van der Waals surface area contributed by atoms with Crippen molar-refractivity contribution >= 4 is 0 Å². The van der Waals surface area contributed by atoms with Crippen LogP contribution in [0, 0.1) is 0 Å². The Morgan fingerprint density at radius 1 is 1.26 bits per heavy atom. The van der Waals surface area contributed by atoms with E-state index in [0.29, 0.717) is 36.7 Å². The molecule has 0 aromatic carbocycles. The minimum Gasteiger partial charge on any atom is -0.463 e. The zero-order valence-electron chi connectivity index (χ0n) is 14.9. The highest BCUT2D eigenvalue weighted by Gasteiger charge is 2.39. The minimum atomic E-state index is -4.43. The van der Waals surface area contributed by atoms with Crippen LogP contribution in [0.2, 0.25) is 0 Å². The first-order valence-corrected chi connectivity index (χ1v) is 8.86. The normalized spacial score (nSPS) is 14.5. The molecule has 1 N–H and O–H groups in total. The Morgan fingerprint density at radius 3 is 2.85 bits per heavy atom. The second kappa shape index (κ2) is 6.88. The van der Waals surface area contributed by atoms with Gasteiger partial charge in [-0.2, -0.15) is 18.3 Å². The maximum Gasteiger partial charge on any atom is 0.449 e. The summed E-state index contributed by atoms with van der Waals surface area (Å²) in [6.07, 6.45) is -0.561. The largest absolute Gasteiger partial charge is 0.463 e. The van der Waals surface area contributed by atoms with Crippen LogP contribution in [0.3, 0.4) is 0 Å². The van der Waals surface area contributed by atoms with E-state index < -0.39 is 12.0 Å². The maximum atomic E-state index is 13.2. The zero-order valence-corrected chi connectivity index (χ0v) is 14.9. The Bertz CT molecular complexity index is 924. The summed E-state index contributed by atoms with van der Waals surface area (Å²) < 4.78 is 48.1. The van der Waals surface area contributed by atoms with Gasteiger partial charge in [-0.1, -0.05) is 0 Å². The lowest BCUT2D eigenvalue weighted by molar-refractivity contribution is -0.147. The highest BCUT2D eigenvalue weighted by atomic mass is 19.4. The first-order valence-electron chi connectivity index (χ1n) is 8.86. The molecule has 0 saturated heterocycles. The van der Waals surface area contributed by atoms with Crippen LogP contribution < -0.4 is 5.32 Å². The van der Waals surface area contributed by atoms with Crippen LogP contribution in [0.15, 0.2) is 28.9 Å². The van der Waals surface area contributed by atoms with Gasteiger partial charge >= 0.3 is 6.18 Å².